The third-order valence-electron chi connectivity index (χ3n) is 4.18. The van der Waals surface area contributed by atoms with E-state index < -0.39 is 11.2 Å². The average Bonchev–Trinajstić information content (AvgIpc) is 2.63. The molecule has 1 aromatic heterocycles. The monoisotopic (exact) mass is 340 g/mol. The lowest BCUT2D eigenvalue weighted by Gasteiger charge is -2.34. The molecule has 1 saturated heterocycles. The number of nitrogens with one attached hydrogen (secondary N) is 2. The Kier molecular flexibility index (Phi) is 5.25. The number of aromatic amines is 2. The van der Waals surface area contributed by atoms with Crippen LogP contribution in [-0.4, -0.2) is 58.4 Å². The maximum Gasteiger partial charge on any atom is 0.325 e. The highest BCUT2D eigenvalue weighted by atomic mass is 16.2. The Morgan fingerprint density at radius 2 is 1.80 bits per heavy atom. The number of carbonyl (C=O) groups excluding carboxylic acids is 1. The van der Waals surface area contributed by atoms with Crippen molar-refractivity contribution in [1.29, 1.82) is 0 Å². The van der Waals surface area contributed by atoms with Crippen LogP contribution in [0.4, 0.5) is 0 Å². The smallest absolute Gasteiger partial charge is 0.325 e. The molecule has 2 N–H and O–H groups in total. The molecule has 25 heavy (non-hydrogen) atoms. The summed E-state index contributed by atoms with van der Waals surface area (Å²) in [5.74, 6) is -0.350. The minimum Gasteiger partial charge on any atom is -0.336 e. The number of H-pyrrole nitrogens is 2. The van der Waals surface area contributed by atoms with E-state index >= 15 is 0 Å². The Labute approximate surface area is 144 Å². The number of amides is 1. The second kappa shape index (κ2) is 7.76. The molecule has 1 fully saturated rings. The third kappa shape index (κ3) is 4.33. The lowest BCUT2D eigenvalue weighted by atomic mass is 10.2. The van der Waals surface area contributed by atoms with E-state index in [4.69, 9.17) is 0 Å². The molecule has 1 amide bonds. The van der Waals surface area contributed by atoms with Gasteiger partial charge >= 0.3 is 5.69 Å². The van der Waals surface area contributed by atoms with Crippen molar-refractivity contribution < 1.29 is 4.79 Å². The van der Waals surface area contributed by atoms with Gasteiger partial charge in [-0.05, 0) is 5.56 Å². The maximum atomic E-state index is 12.4. The van der Waals surface area contributed by atoms with Gasteiger partial charge < -0.3 is 9.88 Å². The number of benzene rings is 1. The molecule has 0 bridgehead atoms. The summed E-state index contributed by atoms with van der Waals surface area (Å²) in [6, 6.07) is 10.1. The van der Waals surface area contributed by atoms with Crippen LogP contribution in [0.1, 0.15) is 15.9 Å². The minimum atomic E-state index is -0.651. The summed E-state index contributed by atoms with van der Waals surface area (Å²) >= 11 is 0. The minimum absolute atomic E-state index is 0.0305. The van der Waals surface area contributed by atoms with Gasteiger partial charge in [0.15, 0.2) is 0 Å². The molecule has 0 atom stereocenters. The second-order valence-corrected chi connectivity index (χ2v) is 5.89. The van der Waals surface area contributed by atoms with E-state index in [1.54, 1.807) is 4.90 Å². The summed E-state index contributed by atoms with van der Waals surface area (Å²) in [7, 11) is 0. The third-order valence-corrected chi connectivity index (χ3v) is 4.18. The molecule has 7 nitrogen and oxygen atoms in total. The van der Waals surface area contributed by atoms with E-state index in [-0.39, 0.29) is 11.5 Å². The molecule has 1 aliphatic heterocycles. The van der Waals surface area contributed by atoms with Crippen LogP contribution in [-0.2, 0) is 0 Å². The molecular formula is C18H20N4O3. The van der Waals surface area contributed by atoms with Gasteiger partial charge in [0.05, 0.1) is 0 Å². The van der Waals surface area contributed by atoms with Crippen molar-refractivity contribution in [2.45, 2.75) is 0 Å². The van der Waals surface area contributed by atoms with Gasteiger partial charge in [-0.15, -0.1) is 0 Å². The molecule has 3 rings (SSSR count). The van der Waals surface area contributed by atoms with Crippen molar-refractivity contribution in [3.05, 3.63) is 74.6 Å². The predicted octanol–water partition coefficient (Wildman–Crippen LogP) is 0.534. The maximum absolute atomic E-state index is 12.4. The molecule has 1 aromatic carbocycles. The van der Waals surface area contributed by atoms with Gasteiger partial charge in [0.1, 0.15) is 5.56 Å². The molecular weight excluding hydrogens is 320 g/mol. The highest BCUT2D eigenvalue weighted by Gasteiger charge is 2.23. The molecule has 0 radical (unpaired) electrons. The first-order valence-corrected chi connectivity index (χ1v) is 8.19. The summed E-state index contributed by atoms with van der Waals surface area (Å²) in [5.41, 5.74) is -0.135. The zero-order valence-electron chi connectivity index (χ0n) is 13.8. The van der Waals surface area contributed by atoms with Crippen LogP contribution < -0.4 is 11.2 Å². The van der Waals surface area contributed by atoms with Gasteiger partial charge in [-0.25, -0.2) is 4.79 Å². The van der Waals surface area contributed by atoms with Crippen LogP contribution in [0.2, 0.25) is 0 Å². The van der Waals surface area contributed by atoms with Crippen molar-refractivity contribution in [2.24, 2.45) is 0 Å². The van der Waals surface area contributed by atoms with Crippen molar-refractivity contribution in [3.63, 3.8) is 0 Å². The van der Waals surface area contributed by atoms with Crippen LogP contribution in [0, 0.1) is 0 Å². The zero-order valence-corrected chi connectivity index (χ0v) is 13.8. The van der Waals surface area contributed by atoms with Crippen molar-refractivity contribution in [2.75, 3.05) is 32.7 Å². The quantitative estimate of drug-likeness (QED) is 0.850. The normalized spacial score (nSPS) is 15.6. The van der Waals surface area contributed by atoms with E-state index in [9.17, 15) is 14.4 Å². The van der Waals surface area contributed by atoms with Crippen molar-refractivity contribution >= 4 is 12.0 Å². The van der Waals surface area contributed by atoms with Gasteiger partial charge in [0.2, 0.25) is 0 Å². The zero-order chi connectivity index (χ0) is 17.6. The van der Waals surface area contributed by atoms with Gasteiger partial charge in [-0.1, -0.05) is 42.5 Å². The topological polar surface area (TPSA) is 89.3 Å². The van der Waals surface area contributed by atoms with Crippen molar-refractivity contribution in [3.8, 4) is 0 Å². The van der Waals surface area contributed by atoms with Crippen LogP contribution in [0.15, 0.2) is 52.2 Å². The van der Waals surface area contributed by atoms with E-state index in [0.29, 0.717) is 13.1 Å². The largest absolute Gasteiger partial charge is 0.336 e. The van der Waals surface area contributed by atoms with E-state index in [1.807, 2.05) is 18.2 Å². The van der Waals surface area contributed by atoms with Gasteiger partial charge in [-0.3, -0.25) is 19.5 Å². The first-order valence-electron chi connectivity index (χ1n) is 8.19. The highest BCUT2D eigenvalue weighted by molar-refractivity contribution is 5.93. The SMILES string of the molecule is O=C(c1c[nH]c(=O)[nH]c1=O)N1CCN(C/C=C/c2ccccc2)CC1. The highest BCUT2D eigenvalue weighted by Crippen LogP contribution is 2.06. The number of hydrogen-bond donors (Lipinski definition) is 2. The Morgan fingerprint density at radius 3 is 2.48 bits per heavy atom. The first-order chi connectivity index (χ1) is 12.1. The first kappa shape index (κ1) is 16.9. The Balaban J connectivity index is 1.53. The summed E-state index contributed by atoms with van der Waals surface area (Å²) < 4.78 is 0. The van der Waals surface area contributed by atoms with E-state index in [0.717, 1.165) is 25.2 Å². The summed E-state index contributed by atoms with van der Waals surface area (Å²) in [4.78, 5) is 43.5. The van der Waals surface area contributed by atoms with Crippen LogP contribution in [0.5, 0.6) is 0 Å². The summed E-state index contributed by atoms with van der Waals surface area (Å²) in [5, 5.41) is 0. The summed E-state index contributed by atoms with van der Waals surface area (Å²) in [6.45, 7) is 3.40. The molecule has 0 unspecified atom stereocenters. The lowest BCUT2D eigenvalue weighted by molar-refractivity contribution is 0.0648. The Hall–Kier alpha value is -2.93. The molecule has 1 aliphatic rings. The molecule has 0 spiro atoms. The van der Waals surface area contributed by atoms with Crippen LogP contribution in [0.3, 0.4) is 0 Å². The van der Waals surface area contributed by atoms with Gasteiger partial charge in [-0.2, -0.15) is 0 Å². The van der Waals surface area contributed by atoms with Crippen molar-refractivity contribution in [1.82, 2.24) is 19.8 Å². The molecule has 2 heterocycles. The van der Waals surface area contributed by atoms with Gasteiger partial charge in [0.25, 0.3) is 11.5 Å². The molecule has 0 saturated carbocycles. The Morgan fingerprint density at radius 1 is 1.08 bits per heavy atom. The fourth-order valence-electron chi connectivity index (χ4n) is 2.77. The van der Waals surface area contributed by atoms with Gasteiger partial charge in [0, 0.05) is 38.9 Å². The van der Waals surface area contributed by atoms with E-state index in [2.05, 4.69) is 39.2 Å². The standard InChI is InChI=1S/C18H20N4O3/c23-16-15(13-19-18(25)20-16)17(24)22-11-9-21(10-12-22)8-4-7-14-5-2-1-3-6-14/h1-7,13H,8-12H2,(H2,19,20,23,25)/b7-4+. The average molecular weight is 340 g/mol. The second-order valence-electron chi connectivity index (χ2n) is 5.89. The molecule has 0 aliphatic carbocycles. The Bertz CT molecular complexity index is 862. The fourth-order valence-corrected chi connectivity index (χ4v) is 2.77. The number of carbonyl (C=O) groups is 1. The number of nitrogens with zero attached hydrogens (tertiary/aromatic N) is 2. The number of piperazine rings is 1. The van der Waals surface area contributed by atoms with E-state index in [1.165, 1.54) is 6.20 Å². The number of hydrogen-bond acceptors (Lipinski definition) is 4. The molecule has 7 heteroatoms. The lowest BCUT2D eigenvalue weighted by Crippen LogP contribution is -2.49. The predicted molar refractivity (Wildman–Crippen MR) is 95.5 cm³/mol. The number of aromatic nitrogens is 2. The van der Waals surface area contributed by atoms with Crippen LogP contribution >= 0.6 is 0 Å². The number of rotatable bonds is 4. The fraction of sp³-hybridized carbons (Fsp3) is 0.278. The molecule has 2 aromatic rings. The van der Waals surface area contributed by atoms with Crippen LogP contribution in [0.25, 0.3) is 6.08 Å². The molecule has 130 valence electrons. The summed E-state index contributed by atoms with van der Waals surface area (Å²) in [6.07, 6.45) is 5.37.